The molecule has 2 aromatic rings. The highest BCUT2D eigenvalue weighted by molar-refractivity contribution is 7.89. The maximum atomic E-state index is 13.9. The van der Waals surface area contributed by atoms with Crippen molar-refractivity contribution in [1.29, 1.82) is 0 Å². The molecule has 4 rings (SSSR count). The van der Waals surface area contributed by atoms with Crippen LogP contribution in [0.1, 0.15) is 36.8 Å². The van der Waals surface area contributed by atoms with E-state index in [9.17, 15) is 26.4 Å². The van der Waals surface area contributed by atoms with Crippen molar-refractivity contribution in [3.8, 4) is 0 Å². The molecule has 2 bridgehead atoms. The zero-order valence-electron chi connectivity index (χ0n) is 27.0. The minimum absolute atomic E-state index is 0.0153. The molecule has 254 valence electrons. The normalized spacial score (nSPS) is 23.1. The van der Waals surface area contributed by atoms with Crippen molar-refractivity contribution in [2.24, 2.45) is 0 Å². The highest BCUT2D eigenvalue weighted by Gasteiger charge is 2.30. The Morgan fingerprint density at radius 3 is 1.15 bits per heavy atom. The average molecular weight is 677 g/mol. The van der Waals surface area contributed by atoms with Gasteiger partial charge in [-0.05, 0) is 51.0 Å². The Bertz CT molecular complexity index is 1390. The van der Waals surface area contributed by atoms with Crippen molar-refractivity contribution in [1.82, 2.24) is 29.0 Å². The van der Waals surface area contributed by atoms with Crippen LogP contribution in [0.5, 0.6) is 0 Å². The van der Waals surface area contributed by atoms with Gasteiger partial charge in [-0.1, -0.05) is 48.2 Å². The number of amides is 2. The molecule has 14 heteroatoms. The number of hydrogen-bond acceptors (Lipinski definition) is 8. The smallest absolute Gasteiger partial charge is 0.243 e. The molecule has 46 heavy (non-hydrogen) atoms. The van der Waals surface area contributed by atoms with Crippen molar-refractivity contribution in [3.63, 3.8) is 0 Å². The molecule has 2 saturated heterocycles. The van der Waals surface area contributed by atoms with E-state index in [-0.39, 0.29) is 87.1 Å². The predicted octanol–water partition coefficient (Wildman–Crippen LogP) is 1.41. The van der Waals surface area contributed by atoms with Crippen LogP contribution in [-0.4, -0.2) is 126 Å². The van der Waals surface area contributed by atoms with Crippen LogP contribution in [0.15, 0.2) is 58.3 Å². The van der Waals surface area contributed by atoms with Crippen LogP contribution in [0.25, 0.3) is 0 Å². The van der Waals surface area contributed by atoms with E-state index in [1.807, 2.05) is 23.6 Å². The molecule has 0 aromatic heterocycles. The molecule has 0 aliphatic carbocycles. The molecular formula is C32H48N6O6S2. The van der Waals surface area contributed by atoms with E-state index in [4.69, 9.17) is 0 Å². The molecule has 12 nitrogen and oxygen atoms in total. The lowest BCUT2D eigenvalue weighted by Crippen LogP contribution is -2.51. The number of fused-ring (bicyclic) bond motifs is 6. The second kappa shape index (κ2) is 16.8. The van der Waals surface area contributed by atoms with Crippen LogP contribution in [-0.2, 0) is 29.6 Å². The largest absolute Gasteiger partial charge is 0.355 e. The van der Waals surface area contributed by atoms with Crippen LogP contribution < -0.4 is 10.6 Å². The average Bonchev–Trinajstić information content (AvgIpc) is 3.00. The minimum Gasteiger partial charge on any atom is -0.355 e. The number of benzene rings is 2. The third-order valence-electron chi connectivity index (χ3n) is 8.46. The Morgan fingerprint density at radius 1 is 0.500 bits per heavy atom. The first-order chi connectivity index (χ1) is 21.9. The quantitative estimate of drug-likeness (QED) is 0.464. The molecule has 0 radical (unpaired) electrons. The van der Waals surface area contributed by atoms with Crippen molar-refractivity contribution < 1.29 is 26.4 Å². The predicted molar refractivity (Wildman–Crippen MR) is 177 cm³/mol. The van der Waals surface area contributed by atoms with Crippen LogP contribution in [0.3, 0.4) is 0 Å². The number of nitrogens with zero attached hydrogens (tertiary/aromatic N) is 4. The fourth-order valence-electron chi connectivity index (χ4n) is 5.55. The highest BCUT2D eigenvalue weighted by Crippen LogP contribution is 2.19. The SMILES string of the molecule is Cc1ccc(S(=O)(=O)N2CCN3CCN(S(=O)(=O)c4ccc(C)cc4)CCN(CC2)CC(=O)NCCCCCCNC(=O)C3)cc1. The summed E-state index contributed by atoms with van der Waals surface area (Å²) in [6.07, 6.45) is 3.45. The van der Waals surface area contributed by atoms with Gasteiger partial charge in [-0.15, -0.1) is 0 Å². The summed E-state index contributed by atoms with van der Waals surface area (Å²) in [7, 11) is -7.78. The van der Waals surface area contributed by atoms with Crippen LogP contribution in [0.2, 0.25) is 0 Å². The highest BCUT2D eigenvalue weighted by atomic mass is 32.2. The summed E-state index contributed by atoms with van der Waals surface area (Å²) in [5.41, 5.74) is 1.88. The minimum atomic E-state index is -3.89. The Kier molecular flexibility index (Phi) is 13.1. The first-order valence-electron chi connectivity index (χ1n) is 16.1. The topological polar surface area (TPSA) is 139 Å². The molecule has 0 atom stereocenters. The molecule has 2 aromatic carbocycles. The van der Waals surface area contributed by atoms with Crippen LogP contribution in [0, 0.1) is 13.8 Å². The summed E-state index contributed by atoms with van der Waals surface area (Å²) in [5, 5.41) is 5.91. The van der Waals surface area contributed by atoms with Crippen LogP contribution in [0.4, 0.5) is 0 Å². The van der Waals surface area contributed by atoms with Gasteiger partial charge in [-0.25, -0.2) is 16.8 Å². The maximum Gasteiger partial charge on any atom is 0.243 e. The van der Waals surface area contributed by atoms with Gasteiger partial charge < -0.3 is 10.6 Å². The summed E-state index contributed by atoms with van der Waals surface area (Å²) in [4.78, 5) is 30.0. The van der Waals surface area contributed by atoms with E-state index in [0.717, 1.165) is 36.8 Å². The molecule has 2 aliphatic rings. The van der Waals surface area contributed by atoms with Gasteiger partial charge in [0.05, 0.1) is 22.9 Å². The van der Waals surface area contributed by atoms with Crippen molar-refractivity contribution in [2.45, 2.75) is 49.3 Å². The molecule has 0 saturated carbocycles. The van der Waals surface area contributed by atoms with E-state index >= 15 is 0 Å². The van der Waals surface area contributed by atoms with Crippen molar-refractivity contribution in [3.05, 3.63) is 59.7 Å². The Morgan fingerprint density at radius 2 is 0.826 bits per heavy atom. The number of nitrogens with one attached hydrogen (secondary N) is 2. The Balaban J connectivity index is 1.68. The zero-order valence-corrected chi connectivity index (χ0v) is 28.6. The van der Waals surface area contributed by atoms with Gasteiger partial charge in [0.2, 0.25) is 31.9 Å². The second-order valence-electron chi connectivity index (χ2n) is 12.1. The fourth-order valence-corrected chi connectivity index (χ4v) is 8.40. The number of hydrogen-bond donors (Lipinski definition) is 2. The lowest BCUT2D eigenvalue weighted by Gasteiger charge is -2.33. The molecule has 2 heterocycles. The number of carbonyl (C=O) groups is 2. The maximum absolute atomic E-state index is 13.9. The number of aryl methyl sites for hydroxylation is 2. The Labute approximate surface area is 274 Å². The lowest BCUT2D eigenvalue weighted by atomic mass is 10.2. The molecule has 2 N–H and O–H groups in total. The van der Waals surface area contributed by atoms with Gasteiger partial charge in [0.15, 0.2) is 0 Å². The van der Waals surface area contributed by atoms with Crippen molar-refractivity contribution >= 4 is 31.9 Å². The van der Waals surface area contributed by atoms with E-state index in [0.29, 0.717) is 13.1 Å². The summed E-state index contributed by atoms with van der Waals surface area (Å²) in [6, 6.07) is 13.4. The number of rotatable bonds is 4. The van der Waals surface area contributed by atoms with E-state index in [1.165, 1.54) is 8.61 Å². The van der Waals surface area contributed by atoms with E-state index in [2.05, 4.69) is 10.6 Å². The van der Waals surface area contributed by atoms with Gasteiger partial charge in [-0.2, -0.15) is 8.61 Å². The van der Waals surface area contributed by atoms with Gasteiger partial charge in [0, 0.05) is 65.4 Å². The molecule has 2 fully saturated rings. The second-order valence-corrected chi connectivity index (χ2v) is 16.0. The van der Waals surface area contributed by atoms with Gasteiger partial charge in [0.1, 0.15) is 0 Å². The first-order valence-corrected chi connectivity index (χ1v) is 18.9. The molecule has 2 amide bonds. The van der Waals surface area contributed by atoms with Crippen molar-refractivity contribution in [2.75, 3.05) is 78.5 Å². The standard InChI is InChI=1S/C32H48N6O6S2/c1-27-7-11-29(12-8-27)45(41,42)37-21-17-35-19-23-38(46(43,44)30-13-9-28(2)10-14-30)24-20-36(18-22-37)26-32(40)34-16-6-4-3-5-15-33-31(39)25-35/h7-14H,3-6,15-26H2,1-2H3,(H,33,39)(H,34,40). The number of sulfonamides is 2. The summed E-state index contributed by atoms with van der Waals surface area (Å²) in [6.45, 7) is 6.08. The van der Waals surface area contributed by atoms with Gasteiger partial charge >= 0.3 is 0 Å². The fraction of sp³-hybridized carbons (Fsp3) is 0.562. The Hall–Kier alpha value is -2.88. The summed E-state index contributed by atoms with van der Waals surface area (Å²) < 4.78 is 58.3. The third-order valence-corrected chi connectivity index (χ3v) is 12.3. The van der Waals surface area contributed by atoms with E-state index in [1.54, 1.807) is 48.5 Å². The van der Waals surface area contributed by atoms with Gasteiger partial charge in [-0.3, -0.25) is 19.4 Å². The zero-order chi connectivity index (χ0) is 33.2. The lowest BCUT2D eigenvalue weighted by molar-refractivity contribution is -0.123. The molecule has 0 unspecified atom stereocenters. The summed E-state index contributed by atoms with van der Waals surface area (Å²) in [5.74, 6) is -0.381. The van der Waals surface area contributed by atoms with Gasteiger partial charge in [0.25, 0.3) is 0 Å². The molecule has 0 spiro atoms. The number of carbonyl (C=O) groups excluding carboxylic acids is 2. The molecular weight excluding hydrogens is 629 g/mol. The third kappa shape index (κ3) is 10.3. The molecule has 2 aliphatic heterocycles. The monoisotopic (exact) mass is 676 g/mol. The van der Waals surface area contributed by atoms with Crippen LogP contribution >= 0.6 is 0 Å². The van der Waals surface area contributed by atoms with E-state index < -0.39 is 20.0 Å². The summed E-state index contributed by atoms with van der Waals surface area (Å²) >= 11 is 0. The first kappa shape index (κ1) is 36.0.